The molecule has 2 aromatic rings. The number of carbonyl (C=O) groups is 2. The average molecular weight is 332 g/mol. The second-order valence-electron chi connectivity index (χ2n) is 4.36. The molecule has 0 bridgehead atoms. The standard InChI is InChI=1S/C14H8N2O8/c17-13(9-4-2-1-3-5-9)23-24-14(18)10-6-11(15(19)20)8-12(7-10)16(21)22/h1-8H. The van der Waals surface area contributed by atoms with E-state index >= 15 is 0 Å². The van der Waals surface area contributed by atoms with Crippen LogP contribution in [0.4, 0.5) is 11.4 Å². The van der Waals surface area contributed by atoms with Gasteiger partial charge in [0.1, 0.15) is 0 Å². The lowest BCUT2D eigenvalue weighted by molar-refractivity contribution is -0.394. The molecule has 0 aliphatic rings. The average Bonchev–Trinajstić information content (AvgIpc) is 2.59. The Morgan fingerprint density at radius 2 is 1.21 bits per heavy atom. The van der Waals surface area contributed by atoms with Crippen LogP contribution in [0.25, 0.3) is 0 Å². The van der Waals surface area contributed by atoms with Crippen LogP contribution in [0.2, 0.25) is 0 Å². The number of carbonyl (C=O) groups excluding carboxylic acids is 2. The van der Waals surface area contributed by atoms with E-state index in [9.17, 15) is 29.8 Å². The van der Waals surface area contributed by atoms with Gasteiger partial charge in [0.2, 0.25) is 0 Å². The van der Waals surface area contributed by atoms with Gasteiger partial charge in [-0.3, -0.25) is 20.2 Å². The quantitative estimate of drug-likeness (QED) is 0.472. The number of hydrogen-bond acceptors (Lipinski definition) is 8. The maximum atomic E-state index is 11.8. The number of rotatable bonds is 4. The molecule has 2 aromatic carbocycles. The first-order valence-electron chi connectivity index (χ1n) is 6.30. The minimum absolute atomic E-state index is 0.107. The van der Waals surface area contributed by atoms with Crippen LogP contribution in [-0.4, -0.2) is 21.8 Å². The van der Waals surface area contributed by atoms with Crippen LogP contribution in [0.1, 0.15) is 20.7 Å². The number of hydrogen-bond donors (Lipinski definition) is 0. The van der Waals surface area contributed by atoms with Gasteiger partial charge < -0.3 is 0 Å². The lowest BCUT2D eigenvalue weighted by Gasteiger charge is -2.03. The van der Waals surface area contributed by atoms with Crippen molar-refractivity contribution in [3.05, 3.63) is 79.9 Å². The molecule has 24 heavy (non-hydrogen) atoms. The molecule has 0 spiro atoms. The van der Waals surface area contributed by atoms with E-state index in [2.05, 4.69) is 9.78 Å². The molecule has 0 aromatic heterocycles. The Labute approximate surface area is 133 Å². The van der Waals surface area contributed by atoms with Crippen molar-refractivity contribution in [2.24, 2.45) is 0 Å². The molecule has 0 fully saturated rings. The van der Waals surface area contributed by atoms with Crippen molar-refractivity contribution in [2.75, 3.05) is 0 Å². The summed E-state index contributed by atoms with van der Waals surface area (Å²) in [4.78, 5) is 51.7. The summed E-state index contributed by atoms with van der Waals surface area (Å²) in [7, 11) is 0. The number of benzene rings is 2. The van der Waals surface area contributed by atoms with Gasteiger partial charge in [-0.1, -0.05) is 18.2 Å². The summed E-state index contributed by atoms with van der Waals surface area (Å²) in [6, 6.07) is 9.82. The zero-order chi connectivity index (χ0) is 17.7. The summed E-state index contributed by atoms with van der Waals surface area (Å²) in [6.45, 7) is 0. The van der Waals surface area contributed by atoms with E-state index < -0.39 is 38.7 Å². The zero-order valence-corrected chi connectivity index (χ0v) is 11.8. The first-order chi connectivity index (χ1) is 11.4. The van der Waals surface area contributed by atoms with Gasteiger partial charge in [-0.25, -0.2) is 19.4 Å². The summed E-state index contributed by atoms with van der Waals surface area (Å²) < 4.78 is 0. The van der Waals surface area contributed by atoms with E-state index in [-0.39, 0.29) is 5.56 Å². The molecule has 0 atom stereocenters. The van der Waals surface area contributed by atoms with E-state index in [4.69, 9.17) is 0 Å². The van der Waals surface area contributed by atoms with Gasteiger partial charge in [-0.2, -0.15) is 0 Å². The predicted octanol–water partition coefficient (Wildman–Crippen LogP) is 2.43. The second-order valence-corrected chi connectivity index (χ2v) is 4.36. The summed E-state index contributed by atoms with van der Waals surface area (Å²) in [6.07, 6.45) is 0. The lowest BCUT2D eigenvalue weighted by atomic mass is 10.2. The second kappa shape index (κ2) is 6.96. The van der Waals surface area contributed by atoms with Crippen LogP contribution in [0, 0.1) is 20.2 Å². The molecule has 0 saturated heterocycles. The molecule has 0 radical (unpaired) electrons. The number of nitro groups is 2. The Morgan fingerprint density at radius 3 is 1.67 bits per heavy atom. The monoisotopic (exact) mass is 332 g/mol. The first kappa shape index (κ1) is 16.5. The molecule has 10 heteroatoms. The molecule has 0 aliphatic heterocycles. The van der Waals surface area contributed by atoms with Crippen molar-refractivity contribution < 1.29 is 29.2 Å². The Balaban J connectivity index is 2.16. The molecule has 0 aliphatic carbocycles. The van der Waals surface area contributed by atoms with Crippen molar-refractivity contribution in [3.63, 3.8) is 0 Å². The number of non-ortho nitro benzene ring substituents is 2. The third-order valence-corrected chi connectivity index (χ3v) is 2.76. The van der Waals surface area contributed by atoms with Gasteiger partial charge in [0.15, 0.2) is 0 Å². The zero-order valence-electron chi connectivity index (χ0n) is 11.8. The molecule has 0 saturated carbocycles. The van der Waals surface area contributed by atoms with E-state index in [0.29, 0.717) is 6.07 Å². The Kier molecular flexibility index (Phi) is 4.80. The molecule has 0 unspecified atom stereocenters. The van der Waals surface area contributed by atoms with Crippen molar-refractivity contribution >= 4 is 23.3 Å². The van der Waals surface area contributed by atoms with Crippen molar-refractivity contribution in [2.45, 2.75) is 0 Å². The fourth-order valence-corrected chi connectivity index (χ4v) is 1.67. The maximum absolute atomic E-state index is 11.8. The molecule has 0 N–H and O–H groups in total. The molecule has 0 amide bonds. The van der Waals surface area contributed by atoms with Crippen LogP contribution in [0.5, 0.6) is 0 Å². The summed E-state index contributed by atoms with van der Waals surface area (Å²) in [5.41, 5.74) is -1.75. The van der Waals surface area contributed by atoms with Gasteiger partial charge in [0, 0.05) is 12.1 Å². The highest BCUT2D eigenvalue weighted by Gasteiger charge is 2.22. The van der Waals surface area contributed by atoms with Crippen LogP contribution in [0.3, 0.4) is 0 Å². The lowest BCUT2D eigenvalue weighted by Crippen LogP contribution is -2.12. The largest absolute Gasteiger partial charge is 0.386 e. The van der Waals surface area contributed by atoms with Crippen molar-refractivity contribution in [3.8, 4) is 0 Å². The first-order valence-corrected chi connectivity index (χ1v) is 6.30. The normalized spacial score (nSPS) is 9.83. The molecule has 10 nitrogen and oxygen atoms in total. The Bertz CT molecular complexity index is 787. The van der Waals surface area contributed by atoms with Gasteiger partial charge in [-0.15, -0.1) is 0 Å². The van der Waals surface area contributed by atoms with Crippen LogP contribution in [-0.2, 0) is 9.78 Å². The Hall–Kier alpha value is -3.82. The smallest absolute Gasteiger partial charge is 0.258 e. The van der Waals surface area contributed by atoms with E-state index in [1.807, 2.05) is 0 Å². The minimum atomic E-state index is -1.29. The van der Waals surface area contributed by atoms with E-state index in [0.717, 1.165) is 12.1 Å². The number of nitro benzene ring substituents is 2. The van der Waals surface area contributed by atoms with Crippen LogP contribution < -0.4 is 0 Å². The highest BCUT2D eigenvalue weighted by Crippen LogP contribution is 2.23. The number of nitrogens with zero attached hydrogens (tertiary/aromatic N) is 2. The fraction of sp³-hybridized carbons (Fsp3) is 0. The van der Waals surface area contributed by atoms with Crippen molar-refractivity contribution in [1.29, 1.82) is 0 Å². The fourth-order valence-electron chi connectivity index (χ4n) is 1.67. The third kappa shape index (κ3) is 3.88. The van der Waals surface area contributed by atoms with Gasteiger partial charge in [-0.05, 0) is 12.1 Å². The van der Waals surface area contributed by atoms with E-state index in [1.54, 1.807) is 18.2 Å². The highest BCUT2D eigenvalue weighted by atomic mass is 17.2. The highest BCUT2D eigenvalue weighted by molar-refractivity contribution is 5.93. The SMILES string of the molecule is O=C(OOC(=O)c1cc([N+](=O)[O-])cc([N+](=O)[O-])c1)c1ccccc1. The molecular formula is C14H8N2O8. The van der Waals surface area contributed by atoms with Crippen molar-refractivity contribution in [1.82, 2.24) is 0 Å². The molecule has 0 heterocycles. The maximum Gasteiger partial charge on any atom is 0.386 e. The van der Waals surface area contributed by atoms with Gasteiger partial charge >= 0.3 is 11.9 Å². The third-order valence-electron chi connectivity index (χ3n) is 2.76. The topological polar surface area (TPSA) is 139 Å². The molecular weight excluding hydrogens is 324 g/mol. The van der Waals surface area contributed by atoms with Gasteiger partial charge in [0.05, 0.1) is 27.0 Å². The van der Waals surface area contributed by atoms with E-state index in [1.165, 1.54) is 12.1 Å². The van der Waals surface area contributed by atoms with Crippen LogP contribution >= 0.6 is 0 Å². The van der Waals surface area contributed by atoms with Crippen LogP contribution in [0.15, 0.2) is 48.5 Å². The predicted molar refractivity (Wildman–Crippen MR) is 77.0 cm³/mol. The summed E-state index contributed by atoms with van der Waals surface area (Å²) in [5, 5.41) is 21.5. The van der Waals surface area contributed by atoms with Gasteiger partial charge in [0.25, 0.3) is 11.4 Å². The summed E-state index contributed by atoms with van der Waals surface area (Å²) >= 11 is 0. The molecule has 122 valence electrons. The Morgan fingerprint density at radius 1 is 0.750 bits per heavy atom. The summed E-state index contributed by atoms with van der Waals surface area (Å²) in [5.74, 6) is -2.25. The minimum Gasteiger partial charge on any atom is -0.258 e. The molecule has 2 rings (SSSR count).